The molecule has 0 unspecified atom stereocenters. The Labute approximate surface area is 128 Å². The molecule has 5 nitrogen and oxygen atoms in total. The van der Waals surface area contributed by atoms with E-state index >= 15 is 0 Å². The quantitative estimate of drug-likeness (QED) is 0.788. The molecule has 22 heavy (non-hydrogen) atoms. The number of benzene rings is 2. The predicted molar refractivity (Wildman–Crippen MR) is 76.2 cm³/mol. The third-order valence-corrected chi connectivity index (χ3v) is 4.57. The predicted octanol–water partition coefficient (Wildman–Crippen LogP) is 3.56. The maximum absolute atomic E-state index is 13.6. The molecule has 0 saturated heterocycles. The second kappa shape index (κ2) is 5.22. The number of nitrogens with one attached hydrogen (secondary N) is 1. The van der Waals surface area contributed by atoms with Gasteiger partial charge in [0.25, 0.3) is 10.0 Å². The summed E-state index contributed by atoms with van der Waals surface area (Å²) >= 11 is 5.96. The van der Waals surface area contributed by atoms with Crippen LogP contribution in [0.4, 0.5) is 14.6 Å². The van der Waals surface area contributed by atoms with E-state index in [4.69, 9.17) is 16.1 Å². The number of hydrogen-bond acceptors (Lipinski definition) is 4. The zero-order valence-corrected chi connectivity index (χ0v) is 12.3. The molecule has 2 aromatic carbocycles. The number of halogens is 3. The van der Waals surface area contributed by atoms with Crippen LogP contribution >= 0.6 is 11.6 Å². The molecule has 1 heterocycles. The van der Waals surface area contributed by atoms with Gasteiger partial charge in [-0.1, -0.05) is 28.9 Å². The summed E-state index contributed by atoms with van der Waals surface area (Å²) in [6.45, 7) is 0. The molecule has 0 aliphatic heterocycles. The van der Waals surface area contributed by atoms with Crippen molar-refractivity contribution >= 4 is 38.4 Å². The highest BCUT2D eigenvalue weighted by molar-refractivity contribution is 7.92. The molecule has 0 aliphatic rings. The van der Waals surface area contributed by atoms with E-state index in [1.165, 1.54) is 12.1 Å². The number of anilines is 1. The number of rotatable bonds is 3. The van der Waals surface area contributed by atoms with Gasteiger partial charge in [-0.05, 0) is 24.3 Å². The highest BCUT2D eigenvalue weighted by Gasteiger charge is 2.26. The number of aromatic nitrogens is 1. The molecule has 0 amide bonds. The van der Waals surface area contributed by atoms with Crippen molar-refractivity contribution in [3.63, 3.8) is 0 Å². The summed E-state index contributed by atoms with van der Waals surface area (Å²) in [5.74, 6) is -2.68. The van der Waals surface area contributed by atoms with Crippen molar-refractivity contribution in [3.05, 3.63) is 53.1 Å². The van der Waals surface area contributed by atoms with E-state index in [9.17, 15) is 17.2 Å². The third kappa shape index (κ3) is 2.40. The number of hydrogen-bond donors (Lipinski definition) is 1. The minimum Gasteiger partial charge on any atom is -0.354 e. The monoisotopic (exact) mass is 344 g/mol. The standard InChI is InChI=1S/C13H7ClF2N2O3S/c14-7-3-1-6-10-11(7)13(17-21-10)18-22(19,20)12-8(15)4-2-5-9(12)16/h1-6H,(H,17,18). The first-order chi connectivity index (χ1) is 10.4. The summed E-state index contributed by atoms with van der Waals surface area (Å²) in [4.78, 5) is -1.10. The lowest BCUT2D eigenvalue weighted by Gasteiger charge is -2.07. The van der Waals surface area contributed by atoms with Crippen LogP contribution in [0.25, 0.3) is 11.0 Å². The van der Waals surface area contributed by atoms with Gasteiger partial charge in [-0.2, -0.15) is 0 Å². The molecule has 1 aromatic heterocycles. The molecule has 3 rings (SSSR count). The SMILES string of the molecule is O=S(=O)(Nc1noc2cccc(Cl)c12)c1c(F)cccc1F. The summed E-state index contributed by atoms with van der Waals surface area (Å²) in [5, 5.41) is 3.92. The van der Waals surface area contributed by atoms with Gasteiger partial charge in [-0.15, -0.1) is 0 Å². The topological polar surface area (TPSA) is 72.2 Å². The average molecular weight is 345 g/mol. The largest absolute Gasteiger partial charge is 0.354 e. The highest BCUT2D eigenvalue weighted by Crippen LogP contribution is 2.31. The van der Waals surface area contributed by atoms with Crippen molar-refractivity contribution < 1.29 is 21.7 Å². The van der Waals surface area contributed by atoms with E-state index in [1.54, 1.807) is 6.07 Å². The first kappa shape index (κ1) is 14.7. The molecule has 0 atom stereocenters. The number of nitrogens with zero attached hydrogens (tertiary/aromatic N) is 1. The van der Waals surface area contributed by atoms with Crippen LogP contribution in [0.5, 0.6) is 0 Å². The Morgan fingerprint density at radius 2 is 1.73 bits per heavy atom. The zero-order valence-electron chi connectivity index (χ0n) is 10.7. The van der Waals surface area contributed by atoms with E-state index in [1.807, 2.05) is 4.72 Å². The highest BCUT2D eigenvalue weighted by atomic mass is 35.5. The van der Waals surface area contributed by atoms with Gasteiger partial charge < -0.3 is 4.52 Å². The first-order valence-corrected chi connectivity index (χ1v) is 7.77. The van der Waals surface area contributed by atoms with Gasteiger partial charge in [0.05, 0.1) is 10.4 Å². The van der Waals surface area contributed by atoms with Gasteiger partial charge in [-0.3, -0.25) is 4.72 Å². The fourth-order valence-corrected chi connectivity index (χ4v) is 3.34. The maximum Gasteiger partial charge on any atom is 0.269 e. The molecule has 0 aliphatic carbocycles. The molecule has 0 bridgehead atoms. The van der Waals surface area contributed by atoms with Crippen LogP contribution in [-0.2, 0) is 10.0 Å². The Kier molecular flexibility index (Phi) is 3.50. The lowest BCUT2D eigenvalue weighted by Crippen LogP contribution is -2.16. The van der Waals surface area contributed by atoms with Crippen LogP contribution in [0.2, 0.25) is 5.02 Å². The van der Waals surface area contributed by atoms with Crippen LogP contribution in [0.1, 0.15) is 0 Å². The molecule has 3 aromatic rings. The summed E-state index contributed by atoms with van der Waals surface area (Å²) < 4.78 is 58.5. The Bertz CT molecular complexity index is 952. The van der Waals surface area contributed by atoms with Crippen LogP contribution in [0, 0.1) is 11.6 Å². The zero-order chi connectivity index (χ0) is 15.9. The van der Waals surface area contributed by atoms with Gasteiger partial charge in [0.15, 0.2) is 16.3 Å². The second-order valence-corrected chi connectivity index (χ2v) is 6.33. The van der Waals surface area contributed by atoms with Crippen molar-refractivity contribution in [3.8, 4) is 0 Å². The molecule has 0 fully saturated rings. The normalized spacial score (nSPS) is 11.8. The minimum atomic E-state index is -4.53. The van der Waals surface area contributed by atoms with Gasteiger partial charge in [0.2, 0.25) is 0 Å². The summed E-state index contributed by atoms with van der Waals surface area (Å²) in [6, 6.07) is 7.35. The van der Waals surface area contributed by atoms with Crippen LogP contribution in [0.3, 0.4) is 0 Å². The lowest BCUT2D eigenvalue weighted by atomic mass is 10.2. The molecule has 0 radical (unpaired) electrons. The van der Waals surface area contributed by atoms with E-state index < -0.39 is 26.6 Å². The summed E-state index contributed by atoms with van der Waals surface area (Å²) in [5.41, 5.74) is 0.235. The van der Waals surface area contributed by atoms with E-state index in [-0.39, 0.29) is 21.8 Å². The molecule has 114 valence electrons. The van der Waals surface area contributed by atoms with Gasteiger partial charge >= 0.3 is 0 Å². The third-order valence-electron chi connectivity index (χ3n) is 2.87. The van der Waals surface area contributed by atoms with Crippen molar-refractivity contribution in [2.75, 3.05) is 4.72 Å². The van der Waals surface area contributed by atoms with Crippen LogP contribution in [0.15, 0.2) is 45.8 Å². The summed E-state index contributed by atoms with van der Waals surface area (Å²) in [7, 11) is -4.53. The minimum absolute atomic E-state index is 0.186. The molecule has 0 spiro atoms. The maximum atomic E-state index is 13.6. The fraction of sp³-hybridized carbons (Fsp3) is 0. The van der Waals surface area contributed by atoms with Crippen LogP contribution < -0.4 is 4.72 Å². The average Bonchev–Trinajstić information content (AvgIpc) is 2.82. The molecular formula is C13H7ClF2N2O3S. The Morgan fingerprint density at radius 3 is 2.41 bits per heavy atom. The molecule has 0 saturated carbocycles. The van der Waals surface area contributed by atoms with E-state index in [0.29, 0.717) is 0 Å². The fourth-order valence-electron chi connectivity index (χ4n) is 1.94. The Morgan fingerprint density at radius 1 is 1.09 bits per heavy atom. The second-order valence-electron chi connectivity index (χ2n) is 4.30. The number of sulfonamides is 1. The number of fused-ring (bicyclic) bond motifs is 1. The Balaban J connectivity index is 2.12. The van der Waals surface area contributed by atoms with Crippen molar-refractivity contribution in [1.82, 2.24) is 5.16 Å². The molecule has 1 N–H and O–H groups in total. The van der Waals surface area contributed by atoms with Gasteiger partial charge in [-0.25, -0.2) is 17.2 Å². The van der Waals surface area contributed by atoms with Crippen molar-refractivity contribution in [1.29, 1.82) is 0 Å². The van der Waals surface area contributed by atoms with E-state index in [2.05, 4.69) is 5.16 Å². The van der Waals surface area contributed by atoms with Crippen molar-refractivity contribution in [2.24, 2.45) is 0 Å². The lowest BCUT2D eigenvalue weighted by molar-refractivity contribution is 0.460. The van der Waals surface area contributed by atoms with Gasteiger partial charge in [0, 0.05) is 0 Å². The molecular weight excluding hydrogens is 338 g/mol. The van der Waals surface area contributed by atoms with E-state index in [0.717, 1.165) is 18.2 Å². The first-order valence-electron chi connectivity index (χ1n) is 5.91. The van der Waals surface area contributed by atoms with Crippen LogP contribution in [-0.4, -0.2) is 13.6 Å². The van der Waals surface area contributed by atoms with Gasteiger partial charge in [0.1, 0.15) is 11.6 Å². The smallest absolute Gasteiger partial charge is 0.269 e. The molecule has 9 heteroatoms. The van der Waals surface area contributed by atoms with Crippen molar-refractivity contribution in [2.45, 2.75) is 4.90 Å². The summed E-state index contributed by atoms with van der Waals surface area (Å²) in [6.07, 6.45) is 0. The Hall–Kier alpha value is -2.19.